The minimum atomic E-state index is 0. The van der Waals surface area contributed by atoms with Gasteiger partial charge in [-0.05, 0) is 25.0 Å². The number of ether oxygens (including phenoxy) is 2. The smallest absolute Gasteiger partial charge is 0.191 e. The fourth-order valence-corrected chi connectivity index (χ4v) is 3.79. The number of guanidine groups is 1. The zero-order valence-corrected chi connectivity index (χ0v) is 20.8. The molecule has 2 N–H and O–H groups in total. The lowest BCUT2D eigenvalue weighted by Gasteiger charge is -2.31. The predicted molar refractivity (Wildman–Crippen MR) is 133 cm³/mol. The van der Waals surface area contributed by atoms with Crippen LogP contribution < -0.4 is 10.6 Å². The molecule has 2 saturated heterocycles. The maximum absolute atomic E-state index is 5.65. The van der Waals surface area contributed by atoms with Crippen LogP contribution in [-0.4, -0.2) is 87.5 Å². The molecule has 0 aromatic heterocycles. The first-order valence-electron chi connectivity index (χ1n) is 11.0. The molecule has 2 aliphatic rings. The number of hydrogen-bond acceptors (Lipinski definition) is 5. The van der Waals surface area contributed by atoms with E-state index in [2.05, 4.69) is 58.5 Å². The Hall–Kier alpha value is -0.940. The molecule has 1 aromatic carbocycles. The van der Waals surface area contributed by atoms with E-state index >= 15 is 0 Å². The van der Waals surface area contributed by atoms with E-state index in [-0.39, 0.29) is 24.0 Å². The summed E-state index contributed by atoms with van der Waals surface area (Å²) in [6.07, 6.45) is 0.322. The lowest BCUT2D eigenvalue weighted by Crippen LogP contribution is -2.44. The molecule has 0 bridgehead atoms. The molecule has 2 heterocycles. The van der Waals surface area contributed by atoms with Crippen LogP contribution in [0.3, 0.4) is 0 Å². The minimum absolute atomic E-state index is 0. The van der Waals surface area contributed by atoms with Gasteiger partial charge >= 0.3 is 0 Å². The Balaban J connectivity index is 0.00000320. The van der Waals surface area contributed by atoms with E-state index in [0.29, 0.717) is 12.6 Å². The molecule has 1 unspecified atom stereocenters. The Labute approximate surface area is 198 Å². The van der Waals surface area contributed by atoms with Gasteiger partial charge in [-0.1, -0.05) is 24.3 Å². The van der Waals surface area contributed by atoms with Gasteiger partial charge in [-0.3, -0.25) is 9.80 Å². The van der Waals surface area contributed by atoms with Crippen LogP contribution >= 0.6 is 24.0 Å². The van der Waals surface area contributed by atoms with Crippen LogP contribution in [-0.2, 0) is 22.6 Å². The van der Waals surface area contributed by atoms with Crippen molar-refractivity contribution in [3.63, 3.8) is 0 Å². The fourth-order valence-electron chi connectivity index (χ4n) is 3.79. The van der Waals surface area contributed by atoms with Crippen molar-refractivity contribution >= 4 is 29.9 Å². The quantitative estimate of drug-likeness (QED) is 0.304. The highest BCUT2D eigenvalue weighted by atomic mass is 127. The van der Waals surface area contributed by atoms with Gasteiger partial charge in [-0.2, -0.15) is 0 Å². The third kappa shape index (κ3) is 9.05. The molecule has 0 radical (unpaired) electrons. The largest absolute Gasteiger partial charge is 0.379 e. The molecule has 8 heteroatoms. The van der Waals surface area contributed by atoms with E-state index in [1.165, 1.54) is 11.1 Å². The van der Waals surface area contributed by atoms with Crippen molar-refractivity contribution in [3.05, 3.63) is 35.4 Å². The molecule has 3 rings (SSSR count). The number of rotatable bonds is 8. The lowest BCUT2D eigenvalue weighted by atomic mass is 10.1. The number of hydrogen-bond donors (Lipinski definition) is 2. The first-order chi connectivity index (χ1) is 14.2. The van der Waals surface area contributed by atoms with E-state index in [9.17, 15) is 0 Å². The van der Waals surface area contributed by atoms with Crippen LogP contribution in [0, 0.1) is 0 Å². The highest BCUT2D eigenvalue weighted by Gasteiger charge is 2.16. The maximum atomic E-state index is 5.65. The lowest BCUT2D eigenvalue weighted by molar-refractivity contribution is -0.0212. The molecule has 7 nitrogen and oxygen atoms in total. The number of nitrogens with one attached hydrogen (secondary N) is 2. The summed E-state index contributed by atoms with van der Waals surface area (Å²) in [5.74, 6) is 0.883. The van der Waals surface area contributed by atoms with Crippen molar-refractivity contribution in [3.8, 4) is 0 Å². The zero-order chi connectivity index (χ0) is 20.3. The molecule has 1 atom stereocenters. The molecular formula is C22H38IN5O2. The van der Waals surface area contributed by atoms with Crippen LogP contribution in [0.5, 0.6) is 0 Å². The number of halogens is 1. The molecule has 0 amide bonds. The summed E-state index contributed by atoms with van der Waals surface area (Å²) in [6.45, 7) is 15.2. The first kappa shape index (κ1) is 25.3. The van der Waals surface area contributed by atoms with E-state index in [4.69, 9.17) is 14.5 Å². The van der Waals surface area contributed by atoms with Crippen molar-refractivity contribution in [2.24, 2.45) is 4.99 Å². The summed E-state index contributed by atoms with van der Waals surface area (Å²) in [7, 11) is 0. The maximum Gasteiger partial charge on any atom is 0.191 e. The molecular weight excluding hydrogens is 493 g/mol. The molecule has 0 saturated carbocycles. The number of aliphatic imine (C=N–C) groups is 1. The molecule has 170 valence electrons. The fraction of sp³-hybridized carbons (Fsp3) is 0.682. The molecule has 0 spiro atoms. The Morgan fingerprint density at radius 3 is 2.63 bits per heavy atom. The summed E-state index contributed by atoms with van der Waals surface area (Å²) in [5.41, 5.74) is 2.59. The Morgan fingerprint density at radius 1 is 1.10 bits per heavy atom. The standard InChI is InChI=1S/C22H37N5O2.HI/c1-3-23-22(24-7-8-26-9-12-28-13-10-26)25-16-20-5-4-6-21(15-20)18-27-11-14-29-19(2)17-27;/h4-6,15,19H,3,7-14,16-18H2,1-2H3,(H2,23,24,25);1H. The van der Waals surface area contributed by atoms with Gasteiger partial charge in [-0.15, -0.1) is 24.0 Å². The monoisotopic (exact) mass is 531 g/mol. The minimum Gasteiger partial charge on any atom is -0.379 e. The zero-order valence-electron chi connectivity index (χ0n) is 18.4. The van der Waals surface area contributed by atoms with Crippen molar-refractivity contribution in [1.29, 1.82) is 0 Å². The van der Waals surface area contributed by atoms with Gasteiger partial charge in [0.25, 0.3) is 0 Å². The Morgan fingerprint density at radius 2 is 1.87 bits per heavy atom. The topological polar surface area (TPSA) is 61.4 Å². The van der Waals surface area contributed by atoms with Gasteiger partial charge < -0.3 is 20.1 Å². The van der Waals surface area contributed by atoms with Crippen LogP contribution in [0.4, 0.5) is 0 Å². The highest BCUT2D eigenvalue weighted by molar-refractivity contribution is 14.0. The van der Waals surface area contributed by atoms with E-state index in [1.54, 1.807) is 0 Å². The molecule has 0 aliphatic carbocycles. The molecule has 2 fully saturated rings. The van der Waals surface area contributed by atoms with Gasteiger partial charge in [0.05, 0.1) is 32.5 Å². The second-order valence-corrected chi connectivity index (χ2v) is 7.81. The number of morpholine rings is 2. The average Bonchev–Trinajstić information content (AvgIpc) is 2.73. The second kappa shape index (κ2) is 14.2. The number of benzene rings is 1. The Bertz CT molecular complexity index is 640. The van der Waals surface area contributed by atoms with Crippen molar-refractivity contribution in [1.82, 2.24) is 20.4 Å². The van der Waals surface area contributed by atoms with Gasteiger partial charge in [0, 0.05) is 52.4 Å². The third-order valence-corrected chi connectivity index (χ3v) is 5.31. The normalized spacial score (nSPS) is 21.1. The first-order valence-corrected chi connectivity index (χ1v) is 11.0. The third-order valence-electron chi connectivity index (χ3n) is 5.31. The summed E-state index contributed by atoms with van der Waals surface area (Å²) in [5, 5.41) is 6.81. The summed E-state index contributed by atoms with van der Waals surface area (Å²) < 4.78 is 11.1. The van der Waals surface area contributed by atoms with E-state index < -0.39 is 0 Å². The van der Waals surface area contributed by atoms with Gasteiger partial charge in [0.2, 0.25) is 0 Å². The number of nitrogens with zero attached hydrogens (tertiary/aromatic N) is 3. The van der Waals surface area contributed by atoms with E-state index in [1.807, 2.05) is 0 Å². The van der Waals surface area contributed by atoms with Crippen molar-refractivity contribution in [2.45, 2.75) is 33.0 Å². The van der Waals surface area contributed by atoms with Crippen LogP contribution in [0.1, 0.15) is 25.0 Å². The van der Waals surface area contributed by atoms with Crippen molar-refractivity contribution < 1.29 is 9.47 Å². The molecule has 2 aliphatic heterocycles. The second-order valence-electron chi connectivity index (χ2n) is 7.81. The van der Waals surface area contributed by atoms with E-state index in [0.717, 1.165) is 78.1 Å². The SMILES string of the molecule is CCNC(=NCc1cccc(CN2CCOC(C)C2)c1)NCCN1CCOCC1.I. The van der Waals surface area contributed by atoms with Gasteiger partial charge in [0.15, 0.2) is 5.96 Å². The molecule has 30 heavy (non-hydrogen) atoms. The summed E-state index contributed by atoms with van der Waals surface area (Å²) in [6, 6.07) is 8.79. The summed E-state index contributed by atoms with van der Waals surface area (Å²) >= 11 is 0. The van der Waals surface area contributed by atoms with Crippen molar-refractivity contribution in [2.75, 3.05) is 65.6 Å². The van der Waals surface area contributed by atoms with Crippen LogP contribution in [0.15, 0.2) is 29.3 Å². The van der Waals surface area contributed by atoms with Crippen LogP contribution in [0.2, 0.25) is 0 Å². The van der Waals surface area contributed by atoms with Gasteiger partial charge in [0.1, 0.15) is 0 Å². The summed E-state index contributed by atoms with van der Waals surface area (Å²) in [4.78, 5) is 9.68. The highest BCUT2D eigenvalue weighted by Crippen LogP contribution is 2.12. The van der Waals surface area contributed by atoms with Crippen LogP contribution in [0.25, 0.3) is 0 Å². The predicted octanol–water partition coefficient (Wildman–Crippen LogP) is 1.91. The van der Waals surface area contributed by atoms with Gasteiger partial charge in [-0.25, -0.2) is 4.99 Å². The Kier molecular flexibility index (Phi) is 12.0. The molecule has 1 aromatic rings. The average molecular weight is 531 g/mol.